The van der Waals surface area contributed by atoms with Gasteiger partial charge in [0.15, 0.2) is 0 Å². The van der Waals surface area contributed by atoms with Crippen molar-refractivity contribution in [3.05, 3.63) is 84.0 Å². The van der Waals surface area contributed by atoms with Crippen LogP contribution >= 0.6 is 0 Å². The number of hydrogen-bond donors (Lipinski definition) is 0. The molecule has 4 atom stereocenters. The third-order valence-corrected chi connectivity index (χ3v) is 8.22. The third kappa shape index (κ3) is 7.81. The fourth-order valence-electron chi connectivity index (χ4n) is 5.56. The molecule has 6 heteroatoms. The van der Waals surface area contributed by atoms with Crippen LogP contribution in [-0.4, -0.2) is 36.4 Å². The van der Waals surface area contributed by atoms with Crippen LogP contribution in [0.1, 0.15) is 90.2 Å². The molecule has 0 aromatic heterocycles. The van der Waals surface area contributed by atoms with Gasteiger partial charge < -0.3 is 18.9 Å². The summed E-state index contributed by atoms with van der Waals surface area (Å²) in [6, 6.07) is 16.4. The lowest BCUT2D eigenvalue weighted by atomic mass is 9.78. The summed E-state index contributed by atoms with van der Waals surface area (Å²) in [6.45, 7) is 15.1. The van der Waals surface area contributed by atoms with E-state index >= 15 is 0 Å². The molecule has 0 amide bonds. The van der Waals surface area contributed by atoms with Gasteiger partial charge in [0.2, 0.25) is 0 Å². The van der Waals surface area contributed by atoms with Crippen LogP contribution in [0.3, 0.4) is 0 Å². The van der Waals surface area contributed by atoms with Crippen LogP contribution < -0.4 is 9.47 Å². The minimum atomic E-state index is -0.358. The normalized spacial score (nSPS) is 22.7. The summed E-state index contributed by atoms with van der Waals surface area (Å²) in [5, 5.41) is 0. The summed E-state index contributed by atoms with van der Waals surface area (Å²) < 4.78 is 23.9. The molecule has 0 N–H and O–H groups in total. The van der Waals surface area contributed by atoms with Gasteiger partial charge in [0.05, 0.1) is 0 Å². The topological polar surface area (TPSA) is 71.1 Å². The first kappa shape index (κ1) is 30.4. The zero-order valence-corrected chi connectivity index (χ0v) is 24.9. The Kier molecular flexibility index (Phi) is 9.95. The number of benzene rings is 2. The number of ether oxygens (including phenoxy) is 4. The van der Waals surface area contributed by atoms with Crippen LogP contribution in [0.25, 0.3) is 0 Å². The van der Waals surface area contributed by atoms with Crippen LogP contribution in [0.4, 0.5) is 0 Å². The summed E-state index contributed by atoms with van der Waals surface area (Å²) in [4.78, 5) is 24.2. The quantitative estimate of drug-likeness (QED) is 0.220. The van der Waals surface area contributed by atoms with E-state index in [2.05, 4.69) is 51.3 Å². The predicted octanol–water partition coefficient (Wildman–Crippen LogP) is 7.63. The molecule has 2 aliphatic rings. The first-order valence-corrected chi connectivity index (χ1v) is 14.8. The average molecular weight is 561 g/mol. The number of esters is 2. The molecule has 2 aliphatic carbocycles. The largest absolute Gasteiger partial charge is 0.487 e. The fraction of sp³-hybridized carbons (Fsp3) is 0.486. The van der Waals surface area contributed by atoms with E-state index in [0.29, 0.717) is 11.1 Å². The zero-order valence-electron chi connectivity index (χ0n) is 24.9. The molecule has 0 heterocycles. The molecule has 2 saturated carbocycles. The SMILES string of the molecule is C=C(C)C(=O)OC1CCCCC1Oc1ccc(C(C)(C)c2ccc(OC3CCCCC3OC(=O)C(=C)C)cc2)cc1. The van der Waals surface area contributed by atoms with Crippen molar-refractivity contribution in [1.82, 2.24) is 0 Å². The first-order valence-electron chi connectivity index (χ1n) is 14.8. The van der Waals surface area contributed by atoms with Crippen molar-refractivity contribution in [3.63, 3.8) is 0 Å². The Morgan fingerprint density at radius 2 is 0.927 bits per heavy atom. The Morgan fingerprint density at radius 1 is 0.610 bits per heavy atom. The lowest BCUT2D eigenvalue weighted by Crippen LogP contribution is -2.38. The molecular weight excluding hydrogens is 516 g/mol. The van der Waals surface area contributed by atoms with Gasteiger partial charge in [-0.05, 0) is 101 Å². The Hall–Kier alpha value is -3.54. The Bertz CT molecular complexity index is 1130. The highest BCUT2D eigenvalue weighted by atomic mass is 16.6. The van der Waals surface area contributed by atoms with Gasteiger partial charge >= 0.3 is 11.9 Å². The molecule has 0 spiro atoms. The van der Waals surface area contributed by atoms with E-state index < -0.39 is 0 Å². The van der Waals surface area contributed by atoms with Crippen molar-refractivity contribution in [1.29, 1.82) is 0 Å². The maximum Gasteiger partial charge on any atom is 0.333 e. The third-order valence-electron chi connectivity index (χ3n) is 8.22. The van der Waals surface area contributed by atoms with Gasteiger partial charge in [0, 0.05) is 16.6 Å². The molecule has 4 rings (SSSR count). The van der Waals surface area contributed by atoms with Crippen molar-refractivity contribution in [2.45, 2.75) is 109 Å². The lowest BCUT2D eigenvalue weighted by molar-refractivity contribution is -0.152. The molecule has 0 bridgehead atoms. The minimum absolute atomic E-state index is 0.161. The first-order chi connectivity index (χ1) is 19.5. The van der Waals surface area contributed by atoms with Gasteiger partial charge in [0.25, 0.3) is 0 Å². The molecule has 0 aliphatic heterocycles. The second-order valence-electron chi connectivity index (χ2n) is 12.0. The molecular formula is C35H44O6. The van der Waals surface area contributed by atoms with E-state index in [1.54, 1.807) is 13.8 Å². The second-order valence-corrected chi connectivity index (χ2v) is 12.0. The van der Waals surface area contributed by atoms with Gasteiger partial charge in [-0.1, -0.05) is 51.3 Å². The van der Waals surface area contributed by atoms with Gasteiger partial charge in [-0.3, -0.25) is 0 Å². The minimum Gasteiger partial charge on any atom is -0.487 e. The Labute approximate surface area is 244 Å². The summed E-state index contributed by atoms with van der Waals surface area (Å²) >= 11 is 0. The van der Waals surface area contributed by atoms with Gasteiger partial charge in [-0.2, -0.15) is 0 Å². The van der Waals surface area contributed by atoms with E-state index in [-0.39, 0.29) is 41.8 Å². The van der Waals surface area contributed by atoms with Crippen molar-refractivity contribution in [2.75, 3.05) is 0 Å². The standard InChI is InChI=1S/C35H44O6/c1-23(2)33(36)40-31-13-9-7-11-29(31)38-27-19-15-25(16-20-27)35(5,6)26-17-21-28(22-18-26)39-30-12-8-10-14-32(30)41-34(37)24(3)4/h15-22,29-32H,1,3,7-14H2,2,4-6H3. The van der Waals surface area contributed by atoms with Gasteiger partial charge in [-0.15, -0.1) is 0 Å². The van der Waals surface area contributed by atoms with E-state index in [1.165, 1.54) is 0 Å². The smallest absolute Gasteiger partial charge is 0.333 e. The van der Waals surface area contributed by atoms with Crippen molar-refractivity contribution >= 4 is 11.9 Å². The van der Waals surface area contributed by atoms with E-state index in [9.17, 15) is 9.59 Å². The molecule has 4 unspecified atom stereocenters. The van der Waals surface area contributed by atoms with E-state index in [0.717, 1.165) is 74.0 Å². The van der Waals surface area contributed by atoms with Crippen molar-refractivity contribution in [2.24, 2.45) is 0 Å². The maximum absolute atomic E-state index is 12.1. The molecule has 2 aromatic rings. The highest BCUT2D eigenvalue weighted by Crippen LogP contribution is 2.35. The average Bonchev–Trinajstić information content (AvgIpc) is 2.95. The molecule has 0 saturated heterocycles. The Balaban J connectivity index is 1.39. The molecule has 0 radical (unpaired) electrons. The number of carbonyl (C=O) groups is 2. The van der Waals surface area contributed by atoms with E-state index in [1.807, 2.05) is 24.3 Å². The molecule has 220 valence electrons. The fourth-order valence-corrected chi connectivity index (χ4v) is 5.56. The van der Waals surface area contributed by atoms with Crippen LogP contribution in [0, 0.1) is 0 Å². The zero-order chi connectivity index (χ0) is 29.6. The summed E-state index contributed by atoms with van der Waals surface area (Å²) in [6.07, 6.45) is 6.63. The maximum atomic E-state index is 12.1. The Morgan fingerprint density at radius 3 is 1.24 bits per heavy atom. The summed E-state index contributed by atoms with van der Waals surface area (Å²) in [7, 11) is 0. The summed E-state index contributed by atoms with van der Waals surface area (Å²) in [5.41, 5.74) is 2.88. The van der Waals surface area contributed by atoms with E-state index in [4.69, 9.17) is 18.9 Å². The number of rotatable bonds is 10. The number of hydrogen-bond acceptors (Lipinski definition) is 6. The predicted molar refractivity (Wildman–Crippen MR) is 160 cm³/mol. The molecule has 41 heavy (non-hydrogen) atoms. The van der Waals surface area contributed by atoms with Crippen molar-refractivity contribution < 1.29 is 28.5 Å². The lowest BCUT2D eigenvalue weighted by Gasteiger charge is -2.32. The van der Waals surface area contributed by atoms with Gasteiger partial charge in [-0.25, -0.2) is 9.59 Å². The van der Waals surface area contributed by atoms with Crippen molar-refractivity contribution in [3.8, 4) is 11.5 Å². The number of carbonyl (C=O) groups excluding carboxylic acids is 2. The molecule has 6 nitrogen and oxygen atoms in total. The highest BCUT2D eigenvalue weighted by Gasteiger charge is 2.32. The van der Waals surface area contributed by atoms with Crippen LogP contribution in [0.15, 0.2) is 72.8 Å². The summed E-state index contributed by atoms with van der Waals surface area (Å²) in [5.74, 6) is 0.824. The van der Waals surface area contributed by atoms with Crippen LogP contribution in [-0.2, 0) is 24.5 Å². The monoisotopic (exact) mass is 560 g/mol. The van der Waals surface area contributed by atoms with Crippen LogP contribution in [0.2, 0.25) is 0 Å². The molecule has 2 fully saturated rings. The molecule has 2 aromatic carbocycles. The van der Waals surface area contributed by atoms with Crippen LogP contribution in [0.5, 0.6) is 11.5 Å². The highest BCUT2D eigenvalue weighted by molar-refractivity contribution is 5.87. The van der Waals surface area contributed by atoms with Gasteiger partial charge in [0.1, 0.15) is 35.9 Å². The second kappa shape index (κ2) is 13.4.